The Balaban J connectivity index is 1.90. The van der Waals surface area contributed by atoms with Crippen molar-refractivity contribution in [1.82, 2.24) is 10.2 Å². The first-order valence-electron chi connectivity index (χ1n) is 7.98. The summed E-state index contributed by atoms with van der Waals surface area (Å²) < 4.78 is 5.64. The van der Waals surface area contributed by atoms with E-state index in [1.807, 2.05) is 0 Å². The third-order valence-corrected chi connectivity index (χ3v) is 4.94. The summed E-state index contributed by atoms with van der Waals surface area (Å²) >= 11 is 0. The summed E-state index contributed by atoms with van der Waals surface area (Å²) in [6.07, 6.45) is 3.36. The van der Waals surface area contributed by atoms with Gasteiger partial charge in [0.2, 0.25) is 0 Å². The third kappa shape index (κ3) is 2.62. The first-order valence-corrected chi connectivity index (χ1v) is 7.98. The Morgan fingerprint density at radius 2 is 1.75 bits per heavy atom. The molecule has 3 nitrogen and oxygen atoms in total. The highest BCUT2D eigenvalue weighted by molar-refractivity contribution is 5.29. The molecule has 0 amide bonds. The van der Waals surface area contributed by atoms with Crippen LogP contribution >= 0.6 is 0 Å². The van der Waals surface area contributed by atoms with Gasteiger partial charge in [-0.15, -0.1) is 0 Å². The zero-order chi connectivity index (χ0) is 13.8. The van der Waals surface area contributed by atoms with Gasteiger partial charge in [0.25, 0.3) is 0 Å². The van der Waals surface area contributed by atoms with Gasteiger partial charge < -0.3 is 10.1 Å². The molecule has 2 aliphatic rings. The highest BCUT2D eigenvalue weighted by Crippen LogP contribution is 2.38. The largest absolute Gasteiger partial charge is 0.381 e. The van der Waals surface area contributed by atoms with E-state index in [9.17, 15) is 0 Å². The highest BCUT2D eigenvalue weighted by Gasteiger charge is 2.40. The van der Waals surface area contributed by atoms with Crippen molar-refractivity contribution in [3.05, 3.63) is 35.4 Å². The highest BCUT2D eigenvalue weighted by atomic mass is 16.5. The summed E-state index contributed by atoms with van der Waals surface area (Å²) in [6, 6.07) is 9.31. The summed E-state index contributed by atoms with van der Waals surface area (Å²) in [5, 5.41) is 3.47. The summed E-state index contributed by atoms with van der Waals surface area (Å²) in [6.45, 7) is 8.50. The fourth-order valence-corrected chi connectivity index (χ4v) is 3.64. The van der Waals surface area contributed by atoms with Crippen molar-refractivity contribution >= 4 is 0 Å². The van der Waals surface area contributed by atoms with E-state index in [1.165, 1.54) is 11.1 Å². The average molecular weight is 274 g/mol. The van der Waals surface area contributed by atoms with E-state index in [0.29, 0.717) is 0 Å². The molecule has 0 aromatic heterocycles. The zero-order valence-electron chi connectivity index (χ0n) is 12.5. The normalized spacial score (nSPS) is 23.6. The van der Waals surface area contributed by atoms with Gasteiger partial charge in [-0.1, -0.05) is 31.2 Å². The monoisotopic (exact) mass is 274 g/mol. The number of hydrogen-bond acceptors (Lipinski definition) is 3. The molecule has 0 atom stereocenters. The van der Waals surface area contributed by atoms with Gasteiger partial charge in [-0.05, 0) is 30.4 Å². The summed E-state index contributed by atoms with van der Waals surface area (Å²) in [5.74, 6) is 0. The smallest absolute Gasteiger partial charge is 0.0505 e. The molecule has 2 aliphatic heterocycles. The Morgan fingerprint density at radius 3 is 2.35 bits per heavy atom. The molecule has 20 heavy (non-hydrogen) atoms. The SMILES string of the molecule is CCc1ccc(C2(N3CCNCC3)CCOCC2)cc1. The summed E-state index contributed by atoms with van der Waals surface area (Å²) in [5.41, 5.74) is 3.11. The van der Waals surface area contributed by atoms with Crippen LogP contribution in [0.5, 0.6) is 0 Å². The lowest BCUT2D eigenvalue weighted by Crippen LogP contribution is -2.56. The second-order valence-electron chi connectivity index (χ2n) is 5.93. The topological polar surface area (TPSA) is 24.5 Å². The van der Waals surface area contributed by atoms with Gasteiger partial charge in [0.1, 0.15) is 0 Å². The molecule has 0 spiro atoms. The molecule has 110 valence electrons. The van der Waals surface area contributed by atoms with E-state index in [4.69, 9.17) is 4.74 Å². The Bertz CT molecular complexity index is 417. The Morgan fingerprint density at radius 1 is 1.10 bits per heavy atom. The van der Waals surface area contributed by atoms with Crippen LogP contribution in [0.4, 0.5) is 0 Å². The molecule has 1 aromatic carbocycles. The van der Waals surface area contributed by atoms with Crippen LogP contribution in [0.15, 0.2) is 24.3 Å². The molecule has 0 saturated carbocycles. The number of aryl methyl sites for hydroxylation is 1. The summed E-state index contributed by atoms with van der Waals surface area (Å²) in [7, 11) is 0. The van der Waals surface area contributed by atoms with Crippen molar-refractivity contribution in [1.29, 1.82) is 0 Å². The number of piperazine rings is 1. The number of benzene rings is 1. The van der Waals surface area contributed by atoms with Gasteiger partial charge in [-0.2, -0.15) is 0 Å². The first kappa shape index (κ1) is 14.1. The number of nitrogens with zero attached hydrogens (tertiary/aromatic N) is 1. The molecule has 0 unspecified atom stereocenters. The number of rotatable bonds is 3. The van der Waals surface area contributed by atoms with Crippen LogP contribution in [0.2, 0.25) is 0 Å². The van der Waals surface area contributed by atoms with Crippen LogP contribution in [0, 0.1) is 0 Å². The lowest BCUT2D eigenvalue weighted by Gasteiger charge is -2.48. The molecular weight excluding hydrogens is 248 g/mol. The van der Waals surface area contributed by atoms with Crippen LogP contribution < -0.4 is 5.32 Å². The lowest BCUT2D eigenvalue weighted by atomic mass is 9.80. The lowest BCUT2D eigenvalue weighted by molar-refractivity contribution is -0.0373. The Labute approximate surface area is 122 Å². The van der Waals surface area contributed by atoms with Gasteiger partial charge in [-0.3, -0.25) is 4.90 Å². The molecule has 3 heteroatoms. The maximum atomic E-state index is 5.64. The van der Waals surface area contributed by atoms with Gasteiger partial charge in [0.15, 0.2) is 0 Å². The van der Waals surface area contributed by atoms with E-state index in [2.05, 4.69) is 41.4 Å². The number of nitrogens with one attached hydrogen (secondary N) is 1. The maximum absolute atomic E-state index is 5.64. The van der Waals surface area contributed by atoms with Crippen molar-refractivity contribution in [2.75, 3.05) is 39.4 Å². The average Bonchev–Trinajstić information content (AvgIpc) is 2.56. The minimum Gasteiger partial charge on any atom is -0.381 e. The van der Waals surface area contributed by atoms with E-state index < -0.39 is 0 Å². The van der Waals surface area contributed by atoms with Crippen LogP contribution in [0.1, 0.15) is 30.9 Å². The first-order chi connectivity index (χ1) is 9.85. The van der Waals surface area contributed by atoms with Crippen molar-refractivity contribution in [3.63, 3.8) is 0 Å². The predicted octanol–water partition coefficient (Wildman–Crippen LogP) is 2.16. The fraction of sp³-hybridized carbons (Fsp3) is 0.647. The van der Waals surface area contributed by atoms with E-state index in [1.54, 1.807) is 0 Å². The Hall–Kier alpha value is -0.900. The fourth-order valence-electron chi connectivity index (χ4n) is 3.64. The minimum absolute atomic E-state index is 0.201. The van der Waals surface area contributed by atoms with Gasteiger partial charge in [0.05, 0.1) is 5.54 Å². The van der Waals surface area contributed by atoms with Gasteiger partial charge >= 0.3 is 0 Å². The van der Waals surface area contributed by atoms with Crippen LogP contribution in [0.3, 0.4) is 0 Å². The summed E-state index contributed by atoms with van der Waals surface area (Å²) in [4.78, 5) is 2.69. The molecule has 3 rings (SSSR count). The minimum atomic E-state index is 0.201. The van der Waals surface area contributed by atoms with Gasteiger partial charge in [0, 0.05) is 39.4 Å². The number of hydrogen-bond donors (Lipinski definition) is 1. The van der Waals surface area contributed by atoms with E-state index >= 15 is 0 Å². The van der Waals surface area contributed by atoms with Crippen molar-refractivity contribution in [2.45, 2.75) is 31.7 Å². The molecule has 0 aliphatic carbocycles. The van der Waals surface area contributed by atoms with E-state index in [-0.39, 0.29) is 5.54 Å². The standard InChI is InChI=1S/C17H26N2O/c1-2-15-3-5-16(6-4-15)17(7-13-20-14-8-17)19-11-9-18-10-12-19/h3-6,18H,2,7-14H2,1H3. The van der Waals surface area contributed by atoms with Gasteiger partial charge in [-0.25, -0.2) is 0 Å². The molecule has 2 heterocycles. The third-order valence-electron chi connectivity index (χ3n) is 4.94. The molecule has 0 radical (unpaired) electrons. The van der Waals surface area contributed by atoms with Crippen LogP contribution in [0.25, 0.3) is 0 Å². The quantitative estimate of drug-likeness (QED) is 0.914. The zero-order valence-corrected chi connectivity index (χ0v) is 12.5. The number of ether oxygens (including phenoxy) is 1. The maximum Gasteiger partial charge on any atom is 0.0505 e. The van der Waals surface area contributed by atoms with Crippen molar-refractivity contribution < 1.29 is 4.74 Å². The predicted molar refractivity (Wildman–Crippen MR) is 82.0 cm³/mol. The van der Waals surface area contributed by atoms with Crippen LogP contribution in [-0.2, 0) is 16.7 Å². The molecular formula is C17H26N2O. The molecule has 2 fully saturated rings. The second-order valence-corrected chi connectivity index (χ2v) is 5.93. The van der Waals surface area contributed by atoms with Crippen molar-refractivity contribution in [2.24, 2.45) is 0 Å². The second kappa shape index (κ2) is 6.25. The molecule has 1 aromatic rings. The Kier molecular flexibility index (Phi) is 4.39. The van der Waals surface area contributed by atoms with Crippen LogP contribution in [-0.4, -0.2) is 44.3 Å². The molecule has 0 bridgehead atoms. The molecule has 2 saturated heterocycles. The van der Waals surface area contributed by atoms with Crippen molar-refractivity contribution in [3.8, 4) is 0 Å². The molecule has 1 N–H and O–H groups in total. The van der Waals surface area contributed by atoms with E-state index in [0.717, 1.165) is 58.7 Å².